The van der Waals surface area contributed by atoms with Crippen molar-refractivity contribution in [1.82, 2.24) is 9.55 Å². The van der Waals surface area contributed by atoms with E-state index in [1.54, 1.807) is 34.9 Å². The molecular weight excluding hydrogens is 420 g/mol. The maximum Gasteiger partial charge on any atom is 0.352 e. The van der Waals surface area contributed by atoms with E-state index in [1.807, 2.05) is 24.3 Å². The van der Waals surface area contributed by atoms with E-state index in [4.69, 9.17) is 21.4 Å². The molecule has 7 nitrogen and oxygen atoms in total. The van der Waals surface area contributed by atoms with Gasteiger partial charge in [-0.15, -0.1) is 0 Å². The minimum Gasteiger partial charge on any atom is -0.487 e. The zero-order valence-corrected chi connectivity index (χ0v) is 17.2. The highest BCUT2D eigenvalue weighted by Gasteiger charge is 2.15. The molecule has 31 heavy (non-hydrogen) atoms. The number of aliphatic carboxylic acids is 1. The number of aryl methyl sites for hydroxylation is 1. The second-order valence-corrected chi connectivity index (χ2v) is 7.57. The van der Waals surface area contributed by atoms with Crippen molar-refractivity contribution < 1.29 is 24.5 Å². The van der Waals surface area contributed by atoms with E-state index in [2.05, 4.69) is 4.98 Å². The van der Waals surface area contributed by atoms with Gasteiger partial charge in [0.2, 0.25) is 0 Å². The molecule has 0 saturated carbocycles. The quantitative estimate of drug-likeness (QED) is 0.402. The first-order valence-corrected chi connectivity index (χ1v) is 10.0. The molecule has 0 saturated heterocycles. The molecular formula is C23H19ClN2O5. The lowest BCUT2D eigenvalue weighted by molar-refractivity contribution is -0.137. The Kier molecular flexibility index (Phi) is 5.77. The first kappa shape index (κ1) is 20.7. The molecule has 2 aromatic carbocycles. The van der Waals surface area contributed by atoms with Gasteiger partial charge in [0.05, 0.1) is 11.2 Å². The summed E-state index contributed by atoms with van der Waals surface area (Å²) >= 11 is 6.04. The van der Waals surface area contributed by atoms with Crippen molar-refractivity contribution in [2.24, 2.45) is 0 Å². The van der Waals surface area contributed by atoms with Gasteiger partial charge in [0.15, 0.2) is 0 Å². The number of aromatic nitrogens is 2. The van der Waals surface area contributed by atoms with Crippen LogP contribution in [-0.4, -0.2) is 31.7 Å². The highest BCUT2D eigenvalue weighted by atomic mass is 35.5. The minimum atomic E-state index is -1.06. The topological polar surface area (TPSA) is 102 Å². The molecule has 0 radical (unpaired) electrons. The van der Waals surface area contributed by atoms with Gasteiger partial charge in [-0.05, 0) is 48.9 Å². The molecule has 2 N–H and O–H groups in total. The number of aromatic carboxylic acids is 1. The van der Waals surface area contributed by atoms with Crippen LogP contribution in [0.25, 0.3) is 21.8 Å². The lowest BCUT2D eigenvalue weighted by Gasteiger charge is -2.09. The summed E-state index contributed by atoms with van der Waals surface area (Å²) in [6, 6.07) is 16.3. The van der Waals surface area contributed by atoms with Crippen LogP contribution >= 0.6 is 11.6 Å². The summed E-state index contributed by atoms with van der Waals surface area (Å²) in [6.07, 6.45) is 0.319. The number of benzene rings is 2. The Morgan fingerprint density at radius 3 is 2.58 bits per heavy atom. The number of pyridine rings is 1. The van der Waals surface area contributed by atoms with Gasteiger partial charge in [0, 0.05) is 34.3 Å². The smallest absolute Gasteiger partial charge is 0.352 e. The van der Waals surface area contributed by atoms with Crippen LogP contribution in [0.1, 0.15) is 29.0 Å². The van der Waals surface area contributed by atoms with Crippen molar-refractivity contribution in [2.75, 3.05) is 0 Å². The summed E-state index contributed by atoms with van der Waals surface area (Å²) in [7, 11) is 0. The van der Waals surface area contributed by atoms with Crippen LogP contribution in [0.15, 0.2) is 54.6 Å². The molecule has 0 unspecified atom stereocenters. The third-order valence-electron chi connectivity index (χ3n) is 4.96. The van der Waals surface area contributed by atoms with Crippen LogP contribution in [0, 0.1) is 0 Å². The van der Waals surface area contributed by atoms with E-state index in [0.717, 1.165) is 16.6 Å². The number of ether oxygens (including phenoxy) is 1. The highest BCUT2D eigenvalue weighted by molar-refractivity contribution is 6.31. The number of hydrogen-bond donors (Lipinski definition) is 2. The van der Waals surface area contributed by atoms with Crippen LogP contribution in [-0.2, 0) is 17.9 Å². The maximum absolute atomic E-state index is 11.6. The summed E-state index contributed by atoms with van der Waals surface area (Å²) in [6.45, 7) is 0.556. The van der Waals surface area contributed by atoms with Gasteiger partial charge in [-0.25, -0.2) is 9.78 Å². The molecule has 0 atom stereocenters. The van der Waals surface area contributed by atoms with Crippen molar-refractivity contribution in [3.8, 4) is 5.75 Å². The van der Waals surface area contributed by atoms with E-state index in [0.29, 0.717) is 34.6 Å². The summed E-state index contributed by atoms with van der Waals surface area (Å²) < 4.78 is 7.50. The lowest BCUT2D eigenvalue weighted by Crippen LogP contribution is -2.09. The number of rotatable bonds is 8. The van der Waals surface area contributed by atoms with Gasteiger partial charge in [0.25, 0.3) is 0 Å². The van der Waals surface area contributed by atoms with Gasteiger partial charge >= 0.3 is 11.9 Å². The molecule has 0 bridgehead atoms. The standard InChI is InChI=1S/C23H19ClN2O5/c24-16-5-3-14-4-6-17(25-19(14)12-16)13-31-18-7-8-20-15(10-18)11-21(23(29)30)26(20)9-1-2-22(27)28/h3-8,10-12H,1-2,9,13H2,(H,27,28)(H,29,30). The molecule has 8 heteroatoms. The Morgan fingerprint density at radius 2 is 1.81 bits per heavy atom. The predicted octanol–water partition coefficient (Wildman–Crippen LogP) is 4.98. The van der Waals surface area contributed by atoms with Crippen molar-refractivity contribution >= 4 is 45.3 Å². The fourth-order valence-electron chi connectivity index (χ4n) is 3.52. The number of fused-ring (bicyclic) bond motifs is 2. The number of halogens is 1. The lowest BCUT2D eigenvalue weighted by atomic mass is 10.2. The Morgan fingerprint density at radius 1 is 1.00 bits per heavy atom. The van der Waals surface area contributed by atoms with Gasteiger partial charge in [-0.1, -0.05) is 23.7 Å². The maximum atomic E-state index is 11.6. The van der Waals surface area contributed by atoms with Gasteiger partial charge in [-0.2, -0.15) is 0 Å². The van der Waals surface area contributed by atoms with E-state index in [-0.39, 0.29) is 18.7 Å². The molecule has 2 heterocycles. The number of nitrogens with zero attached hydrogens (tertiary/aromatic N) is 2. The van der Waals surface area contributed by atoms with Crippen LogP contribution in [0.5, 0.6) is 5.75 Å². The van der Waals surface area contributed by atoms with Crippen LogP contribution < -0.4 is 4.74 Å². The number of hydrogen-bond acceptors (Lipinski definition) is 4. The molecule has 0 aliphatic rings. The van der Waals surface area contributed by atoms with Crippen LogP contribution in [0.2, 0.25) is 5.02 Å². The highest BCUT2D eigenvalue weighted by Crippen LogP contribution is 2.26. The van der Waals surface area contributed by atoms with Gasteiger partial charge in [0.1, 0.15) is 18.1 Å². The third kappa shape index (κ3) is 4.62. The average Bonchev–Trinajstić information content (AvgIpc) is 3.10. The summed E-state index contributed by atoms with van der Waals surface area (Å²) in [4.78, 5) is 27.0. The normalized spacial score (nSPS) is 11.1. The summed E-state index contributed by atoms with van der Waals surface area (Å²) in [5.74, 6) is -1.39. The van der Waals surface area contributed by atoms with Gasteiger partial charge in [-0.3, -0.25) is 4.79 Å². The molecule has 158 valence electrons. The zero-order valence-electron chi connectivity index (χ0n) is 16.4. The van der Waals surface area contributed by atoms with Crippen LogP contribution in [0.3, 0.4) is 0 Å². The Hall–Kier alpha value is -3.58. The fourth-order valence-corrected chi connectivity index (χ4v) is 3.68. The Bertz CT molecular complexity index is 1300. The zero-order chi connectivity index (χ0) is 22.0. The molecule has 2 aromatic heterocycles. The van der Waals surface area contributed by atoms with Crippen molar-refractivity contribution in [2.45, 2.75) is 26.0 Å². The van der Waals surface area contributed by atoms with E-state index >= 15 is 0 Å². The van der Waals surface area contributed by atoms with E-state index in [9.17, 15) is 14.7 Å². The molecule has 0 amide bonds. The SMILES string of the molecule is O=C(O)CCCn1c(C(=O)O)cc2cc(OCc3ccc4ccc(Cl)cc4n3)ccc21. The molecule has 4 aromatic rings. The first-order chi connectivity index (χ1) is 14.9. The summed E-state index contributed by atoms with van der Waals surface area (Å²) in [5.41, 5.74) is 2.36. The van der Waals surface area contributed by atoms with Crippen molar-refractivity contribution in [3.63, 3.8) is 0 Å². The minimum absolute atomic E-state index is 0.0239. The average molecular weight is 439 g/mol. The Labute approximate surface area is 182 Å². The third-order valence-corrected chi connectivity index (χ3v) is 5.20. The molecule has 0 fully saturated rings. The first-order valence-electron chi connectivity index (χ1n) is 9.67. The number of carboxylic acid groups (broad SMARTS) is 2. The molecule has 0 aliphatic carbocycles. The Balaban J connectivity index is 1.55. The largest absolute Gasteiger partial charge is 0.487 e. The number of carbonyl (C=O) groups is 2. The predicted molar refractivity (Wildman–Crippen MR) is 117 cm³/mol. The van der Waals surface area contributed by atoms with Crippen LogP contribution in [0.4, 0.5) is 0 Å². The monoisotopic (exact) mass is 438 g/mol. The van der Waals surface area contributed by atoms with E-state index in [1.165, 1.54) is 0 Å². The molecule has 0 spiro atoms. The molecule has 4 rings (SSSR count). The van der Waals surface area contributed by atoms with Crippen molar-refractivity contribution in [3.05, 3.63) is 71.0 Å². The van der Waals surface area contributed by atoms with E-state index < -0.39 is 11.9 Å². The van der Waals surface area contributed by atoms with Gasteiger partial charge < -0.3 is 19.5 Å². The second-order valence-electron chi connectivity index (χ2n) is 7.13. The summed E-state index contributed by atoms with van der Waals surface area (Å²) in [5, 5.41) is 20.7. The molecule has 0 aliphatic heterocycles. The fraction of sp³-hybridized carbons (Fsp3) is 0.174. The second kappa shape index (κ2) is 8.65. The van der Waals surface area contributed by atoms with Crippen molar-refractivity contribution in [1.29, 1.82) is 0 Å². The number of carboxylic acids is 2.